The number of amides is 1. The first-order chi connectivity index (χ1) is 21.8. The summed E-state index contributed by atoms with van der Waals surface area (Å²) in [5, 5.41) is 48.7. The lowest BCUT2D eigenvalue weighted by Gasteiger charge is -2.50. The standard InChI is InChI=1S/C36H37N3O7/c1-18-5-4-6-20(13-18)17-38-16-19-7-9-21(10-8-19)23-11-12-26(40)28-24(23)14-22-15-25-30(39(2)3)32(42)29(35(37)45)34(44)36(25,46)33(43)27(22)31(28)41/h4-13,22,25,30,38,40-41,44,46H,14-17H2,1-3H3,(H2,37,45). The fourth-order valence-electron chi connectivity index (χ4n) is 7.49. The molecule has 46 heavy (non-hydrogen) atoms. The summed E-state index contributed by atoms with van der Waals surface area (Å²) in [6.45, 7) is 3.46. The molecule has 0 spiro atoms. The van der Waals surface area contributed by atoms with Gasteiger partial charge in [0, 0.05) is 24.6 Å². The molecule has 1 fully saturated rings. The van der Waals surface area contributed by atoms with Gasteiger partial charge in [-0.1, -0.05) is 60.2 Å². The molecule has 6 rings (SSSR count). The lowest BCUT2D eigenvalue weighted by atomic mass is 9.57. The maximum Gasteiger partial charge on any atom is 0.255 e. The molecular formula is C36H37N3O7. The summed E-state index contributed by atoms with van der Waals surface area (Å²) in [7, 11) is 3.15. The Bertz CT molecular complexity index is 1840. The molecule has 0 bridgehead atoms. The smallest absolute Gasteiger partial charge is 0.255 e. The molecular weight excluding hydrogens is 586 g/mol. The highest BCUT2D eigenvalue weighted by atomic mass is 16.3. The molecule has 7 N–H and O–H groups in total. The van der Waals surface area contributed by atoms with Gasteiger partial charge in [-0.05, 0) is 73.7 Å². The van der Waals surface area contributed by atoms with Crippen molar-refractivity contribution >= 4 is 23.2 Å². The van der Waals surface area contributed by atoms with Crippen molar-refractivity contribution in [2.75, 3.05) is 14.1 Å². The van der Waals surface area contributed by atoms with Gasteiger partial charge >= 0.3 is 0 Å². The average Bonchev–Trinajstić information content (AvgIpc) is 2.99. The predicted octanol–water partition coefficient (Wildman–Crippen LogP) is 3.23. The molecule has 3 aliphatic carbocycles. The third kappa shape index (κ3) is 4.89. The Morgan fingerprint density at radius 1 is 1.00 bits per heavy atom. The molecule has 4 unspecified atom stereocenters. The molecule has 10 nitrogen and oxygen atoms in total. The van der Waals surface area contributed by atoms with Crippen LogP contribution in [0.4, 0.5) is 0 Å². The van der Waals surface area contributed by atoms with Crippen molar-refractivity contribution in [3.8, 4) is 16.9 Å². The highest BCUT2D eigenvalue weighted by Crippen LogP contribution is 2.53. The second-order valence-corrected chi connectivity index (χ2v) is 12.7. The van der Waals surface area contributed by atoms with Gasteiger partial charge in [0.05, 0.1) is 11.6 Å². The number of hydrogen-bond acceptors (Lipinski definition) is 9. The monoisotopic (exact) mass is 623 g/mol. The lowest BCUT2D eigenvalue weighted by molar-refractivity contribution is -0.153. The van der Waals surface area contributed by atoms with Gasteiger partial charge in [-0.15, -0.1) is 0 Å². The summed E-state index contributed by atoms with van der Waals surface area (Å²) >= 11 is 0. The Balaban J connectivity index is 1.35. The van der Waals surface area contributed by atoms with Crippen molar-refractivity contribution < 1.29 is 34.8 Å². The molecule has 1 saturated carbocycles. The average molecular weight is 624 g/mol. The van der Waals surface area contributed by atoms with Gasteiger partial charge in [-0.25, -0.2) is 0 Å². The number of ketones is 2. The quantitative estimate of drug-likeness (QED) is 0.216. The van der Waals surface area contributed by atoms with Crippen molar-refractivity contribution in [1.82, 2.24) is 10.2 Å². The van der Waals surface area contributed by atoms with Crippen LogP contribution < -0.4 is 11.1 Å². The minimum Gasteiger partial charge on any atom is -0.508 e. The summed E-state index contributed by atoms with van der Waals surface area (Å²) in [6.07, 6.45) is 0.254. The van der Waals surface area contributed by atoms with Crippen LogP contribution in [0.1, 0.15) is 34.2 Å². The Labute approximate surface area is 266 Å². The van der Waals surface area contributed by atoms with Crippen LogP contribution in [0.25, 0.3) is 16.9 Å². The fraction of sp³-hybridized carbons (Fsp3) is 0.306. The second-order valence-electron chi connectivity index (χ2n) is 12.7. The van der Waals surface area contributed by atoms with Crippen LogP contribution >= 0.6 is 0 Å². The van der Waals surface area contributed by atoms with Gasteiger partial charge in [-0.2, -0.15) is 0 Å². The van der Waals surface area contributed by atoms with Gasteiger partial charge in [0.15, 0.2) is 11.4 Å². The maximum absolute atomic E-state index is 14.1. The number of nitrogens with two attached hydrogens (primary N) is 1. The number of aliphatic hydroxyl groups is 3. The van der Waals surface area contributed by atoms with E-state index in [-0.39, 0.29) is 29.7 Å². The van der Waals surface area contributed by atoms with Crippen LogP contribution in [0, 0.1) is 18.8 Å². The summed E-state index contributed by atoms with van der Waals surface area (Å²) in [6, 6.07) is 18.3. The van der Waals surface area contributed by atoms with E-state index in [2.05, 4.69) is 30.4 Å². The molecule has 0 aliphatic heterocycles. The highest BCUT2D eigenvalue weighted by molar-refractivity contribution is 6.24. The number of phenols is 1. The number of likely N-dealkylation sites (N-methyl/N-ethyl adjacent to an activating group) is 1. The fourth-order valence-corrected chi connectivity index (χ4v) is 7.49. The molecule has 4 atom stereocenters. The van der Waals surface area contributed by atoms with E-state index >= 15 is 0 Å². The lowest BCUT2D eigenvalue weighted by Crippen LogP contribution is -2.65. The van der Waals surface area contributed by atoms with Crippen molar-refractivity contribution in [2.45, 2.75) is 44.5 Å². The zero-order valence-corrected chi connectivity index (χ0v) is 25.9. The number of aryl methyl sites for hydroxylation is 1. The number of Topliss-reactive ketones (excluding diaryl/α,β-unsaturated/α-hetero) is 2. The molecule has 3 aromatic carbocycles. The van der Waals surface area contributed by atoms with Crippen molar-refractivity contribution in [1.29, 1.82) is 0 Å². The Hall–Kier alpha value is -4.77. The summed E-state index contributed by atoms with van der Waals surface area (Å²) < 4.78 is 0. The number of fused-ring (bicyclic) bond motifs is 3. The number of carbonyl (C=O) groups is 3. The topological polar surface area (TPSA) is 173 Å². The van der Waals surface area contributed by atoms with E-state index in [9.17, 15) is 34.8 Å². The van der Waals surface area contributed by atoms with Crippen molar-refractivity contribution in [2.24, 2.45) is 17.6 Å². The third-order valence-corrected chi connectivity index (χ3v) is 9.61. The van der Waals surface area contributed by atoms with Crippen LogP contribution in [-0.2, 0) is 33.9 Å². The first-order valence-corrected chi connectivity index (χ1v) is 15.2. The van der Waals surface area contributed by atoms with E-state index in [4.69, 9.17) is 5.73 Å². The maximum atomic E-state index is 14.1. The minimum absolute atomic E-state index is 0.0341. The highest BCUT2D eigenvalue weighted by Gasteiger charge is 2.64. The molecule has 0 radical (unpaired) electrons. The number of nitrogens with one attached hydrogen (secondary N) is 1. The third-order valence-electron chi connectivity index (χ3n) is 9.61. The number of nitrogens with zero attached hydrogens (tertiary/aromatic N) is 1. The summed E-state index contributed by atoms with van der Waals surface area (Å²) in [5.74, 6) is -6.70. The normalized spacial score (nSPS) is 24.2. The number of phenolic OH excluding ortho intramolecular Hbond substituents is 1. The van der Waals surface area contributed by atoms with Crippen LogP contribution in [0.3, 0.4) is 0 Å². The Morgan fingerprint density at radius 2 is 1.70 bits per heavy atom. The Morgan fingerprint density at radius 3 is 2.35 bits per heavy atom. The van der Waals surface area contributed by atoms with Gasteiger partial charge in [0.1, 0.15) is 22.8 Å². The van der Waals surface area contributed by atoms with Crippen LogP contribution in [0.15, 0.2) is 77.6 Å². The molecule has 0 heterocycles. The Kier molecular flexibility index (Phi) is 7.84. The van der Waals surface area contributed by atoms with E-state index in [0.29, 0.717) is 12.1 Å². The molecule has 10 heteroatoms. The van der Waals surface area contributed by atoms with E-state index in [1.807, 2.05) is 30.3 Å². The van der Waals surface area contributed by atoms with Crippen molar-refractivity contribution in [3.63, 3.8) is 0 Å². The van der Waals surface area contributed by atoms with Gasteiger partial charge in [0.25, 0.3) is 5.91 Å². The number of aliphatic hydroxyl groups excluding tert-OH is 2. The number of carbonyl (C=O) groups excluding carboxylic acids is 3. The zero-order chi connectivity index (χ0) is 33.1. The van der Waals surface area contributed by atoms with Gasteiger partial charge in [-0.3, -0.25) is 19.3 Å². The number of primary amides is 1. The SMILES string of the molecule is Cc1cccc(CNCc2ccc(-c3ccc(O)c4c3CC3CC5C(N(C)C)C(=O)C(C(N)=O)=C(O)C5(O)C(=O)C3=C4O)cc2)c1. The van der Waals surface area contributed by atoms with E-state index in [1.165, 1.54) is 22.1 Å². The summed E-state index contributed by atoms with van der Waals surface area (Å²) in [4.78, 5) is 41.0. The van der Waals surface area contributed by atoms with Crippen LogP contribution in [0.2, 0.25) is 0 Å². The predicted molar refractivity (Wildman–Crippen MR) is 171 cm³/mol. The number of hydrogen-bond donors (Lipinski definition) is 6. The number of rotatable bonds is 7. The van der Waals surface area contributed by atoms with E-state index in [1.54, 1.807) is 20.2 Å². The summed E-state index contributed by atoms with van der Waals surface area (Å²) in [5.41, 5.74) is 7.50. The van der Waals surface area contributed by atoms with Gasteiger partial charge < -0.3 is 31.5 Å². The van der Waals surface area contributed by atoms with Crippen LogP contribution in [-0.4, -0.2) is 68.5 Å². The first kappa shape index (κ1) is 31.2. The largest absolute Gasteiger partial charge is 0.508 e. The second kappa shape index (κ2) is 11.5. The zero-order valence-electron chi connectivity index (χ0n) is 25.9. The molecule has 3 aromatic rings. The molecule has 0 saturated heterocycles. The van der Waals surface area contributed by atoms with E-state index < -0.39 is 58.0 Å². The molecule has 238 valence electrons. The van der Waals surface area contributed by atoms with Gasteiger partial charge in [0.2, 0.25) is 5.78 Å². The van der Waals surface area contributed by atoms with E-state index in [0.717, 1.165) is 23.2 Å². The minimum atomic E-state index is -2.67. The molecule has 1 amide bonds. The van der Waals surface area contributed by atoms with Crippen molar-refractivity contribution in [3.05, 3.63) is 105 Å². The first-order valence-electron chi connectivity index (χ1n) is 15.2. The van der Waals surface area contributed by atoms with Crippen LogP contribution in [0.5, 0.6) is 5.75 Å². The molecule has 3 aliphatic rings. The molecule has 0 aromatic heterocycles. The number of aromatic hydroxyl groups is 1. The number of benzene rings is 3.